The fourth-order valence-corrected chi connectivity index (χ4v) is 2.36. The minimum atomic E-state index is -0.624. The van der Waals surface area contributed by atoms with E-state index in [1.165, 1.54) is 10.8 Å². The second-order valence-electron chi connectivity index (χ2n) is 4.78. The topological polar surface area (TPSA) is 62.0 Å². The number of aromatic nitrogens is 1. The van der Waals surface area contributed by atoms with E-state index in [1.54, 1.807) is 6.92 Å². The van der Waals surface area contributed by atoms with Crippen LogP contribution < -0.4 is 5.73 Å². The Morgan fingerprint density at radius 1 is 1.06 bits per heavy atom. The first-order valence-electron chi connectivity index (χ1n) is 6.11. The zero-order chi connectivity index (χ0) is 12.7. The van der Waals surface area contributed by atoms with Gasteiger partial charge in [-0.05, 0) is 24.6 Å². The van der Waals surface area contributed by atoms with Crippen LogP contribution >= 0.6 is 0 Å². The number of aliphatic hydroxyl groups is 1. The van der Waals surface area contributed by atoms with Gasteiger partial charge in [-0.1, -0.05) is 30.3 Å². The Bertz CT molecular complexity index is 700. The van der Waals surface area contributed by atoms with Crippen molar-refractivity contribution in [2.24, 2.45) is 5.73 Å². The molecule has 3 rings (SSSR count). The van der Waals surface area contributed by atoms with Gasteiger partial charge in [0.05, 0.1) is 6.10 Å². The number of aromatic amines is 1. The summed E-state index contributed by atoms with van der Waals surface area (Å²) in [6.45, 7) is 1.81. The molecule has 0 spiro atoms. The number of nitrogens with one attached hydrogen (secondary N) is 1. The third kappa shape index (κ3) is 1.68. The average molecular weight is 240 g/mol. The van der Waals surface area contributed by atoms with Gasteiger partial charge >= 0.3 is 0 Å². The van der Waals surface area contributed by atoms with Gasteiger partial charge < -0.3 is 15.8 Å². The van der Waals surface area contributed by atoms with E-state index >= 15 is 0 Å². The summed E-state index contributed by atoms with van der Waals surface area (Å²) < 4.78 is 0. The van der Waals surface area contributed by atoms with Crippen molar-refractivity contribution < 1.29 is 5.11 Å². The van der Waals surface area contributed by atoms with Gasteiger partial charge in [-0.3, -0.25) is 0 Å². The van der Waals surface area contributed by atoms with Gasteiger partial charge in [0.2, 0.25) is 0 Å². The maximum Gasteiger partial charge on any atom is 0.0938 e. The molecule has 0 aliphatic carbocycles. The molecular formula is C15H16N2O. The molecule has 1 aromatic heterocycles. The molecule has 1 heterocycles. The van der Waals surface area contributed by atoms with Crippen molar-refractivity contribution in [3.8, 4) is 0 Å². The van der Waals surface area contributed by atoms with Gasteiger partial charge in [0, 0.05) is 27.8 Å². The van der Waals surface area contributed by atoms with Gasteiger partial charge in [0.25, 0.3) is 0 Å². The minimum Gasteiger partial charge on any atom is -0.387 e. The van der Waals surface area contributed by atoms with E-state index in [-0.39, 0.29) is 6.04 Å². The van der Waals surface area contributed by atoms with Crippen molar-refractivity contribution >= 4 is 21.8 Å². The molecule has 3 nitrogen and oxygen atoms in total. The first kappa shape index (κ1) is 11.3. The van der Waals surface area contributed by atoms with E-state index in [9.17, 15) is 5.11 Å². The predicted octanol–water partition coefficient (Wildman–Crippen LogP) is 2.70. The lowest BCUT2D eigenvalue weighted by Crippen LogP contribution is -2.24. The molecule has 0 aliphatic rings. The number of para-hydroxylation sites is 1. The van der Waals surface area contributed by atoms with Crippen LogP contribution in [0.25, 0.3) is 21.8 Å². The van der Waals surface area contributed by atoms with Gasteiger partial charge in [-0.15, -0.1) is 0 Å². The van der Waals surface area contributed by atoms with Crippen LogP contribution in [0.15, 0.2) is 42.5 Å². The molecule has 0 radical (unpaired) electrons. The van der Waals surface area contributed by atoms with E-state index in [4.69, 9.17) is 5.73 Å². The fourth-order valence-electron chi connectivity index (χ4n) is 2.36. The van der Waals surface area contributed by atoms with Crippen LogP contribution in [0.2, 0.25) is 0 Å². The highest BCUT2D eigenvalue weighted by Gasteiger charge is 2.13. The van der Waals surface area contributed by atoms with Crippen molar-refractivity contribution in [1.29, 1.82) is 0 Å². The Balaban J connectivity index is 2.21. The Kier molecular flexibility index (Phi) is 2.58. The third-order valence-electron chi connectivity index (χ3n) is 3.37. The number of hydrogen-bond acceptors (Lipinski definition) is 2. The van der Waals surface area contributed by atoms with Gasteiger partial charge in [-0.2, -0.15) is 0 Å². The smallest absolute Gasteiger partial charge is 0.0938 e. The Hall–Kier alpha value is -1.84. The van der Waals surface area contributed by atoms with Crippen LogP contribution in [-0.4, -0.2) is 16.1 Å². The summed E-state index contributed by atoms with van der Waals surface area (Å²) in [5.74, 6) is 0. The Morgan fingerprint density at radius 3 is 2.56 bits per heavy atom. The first-order chi connectivity index (χ1) is 8.66. The van der Waals surface area contributed by atoms with E-state index in [2.05, 4.69) is 17.1 Å². The summed E-state index contributed by atoms with van der Waals surface area (Å²) in [7, 11) is 0. The van der Waals surface area contributed by atoms with Crippen LogP contribution in [0.3, 0.4) is 0 Å². The number of hydrogen-bond donors (Lipinski definition) is 3. The summed E-state index contributed by atoms with van der Waals surface area (Å²) in [5.41, 5.74) is 8.72. The normalized spacial score (nSPS) is 15.1. The van der Waals surface area contributed by atoms with E-state index in [0.717, 1.165) is 16.6 Å². The highest BCUT2D eigenvalue weighted by molar-refractivity contribution is 6.07. The summed E-state index contributed by atoms with van der Waals surface area (Å²) in [6.07, 6.45) is -0.624. The molecule has 0 bridgehead atoms. The molecule has 2 unspecified atom stereocenters. The average Bonchev–Trinajstić information content (AvgIpc) is 2.75. The molecule has 0 aliphatic heterocycles. The summed E-state index contributed by atoms with van der Waals surface area (Å²) in [5, 5.41) is 12.4. The predicted molar refractivity (Wildman–Crippen MR) is 74.4 cm³/mol. The lowest BCUT2D eigenvalue weighted by Gasteiger charge is -2.14. The number of aliphatic hydroxyl groups excluding tert-OH is 1. The van der Waals surface area contributed by atoms with E-state index in [1.807, 2.05) is 30.3 Å². The van der Waals surface area contributed by atoms with Gasteiger partial charge in [0.1, 0.15) is 0 Å². The molecule has 0 amide bonds. The number of fused-ring (bicyclic) bond motifs is 3. The van der Waals surface area contributed by atoms with Crippen LogP contribution in [0.5, 0.6) is 0 Å². The molecule has 0 saturated heterocycles. The molecule has 0 saturated carbocycles. The van der Waals surface area contributed by atoms with Crippen molar-refractivity contribution in [2.75, 3.05) is 0 Å². The molecule has 18 heavy (non-hydrogen) atoms. The highest BCUT2D eigenvalue weighted by Crippen LogP contribution is 2.28. The molecule has 2 atom stereocenters. The fraction of sp³-hybridized carbons (Fsp3) is 0.200. The largest absolute Gasteiger partial charge is 0.387 e. The van der Waals surface area contributed by atoms with Crippen molar-refractivity contribution in [3.63, 3.8) is 0 Å². The SMILES string of the molecule is CC(N)C(O)c1ccc2c(c1)[nH]c1ccccc12. The Morgan fingerprint density at radius 2 is 1.78 bits per heavy atom. The van der Waals surface area contributed by atoms with Crippen LogP contribution in [0, 0.1) is 0 Å². The number of rotatable bonds is 2. The van der Waals surface area contributed by atoms with Crippen molar-refractivity contribution in [1.82, 2.24) is 4.98 Å². The number of nitrogens with two attached hydrogens (primary N) is 1. The van der Waals surface area contributed by atoms with Crippen LogP contribution in [0.4, 0.5) is 0 Å². The number of H-pyrrole nitrogens is 1. The number of benzene rings is 2. The zero-order valence-corrected chi connectivity index (χ0v) is 10.2. The molecule has 3 heteroatoms. The first-order valence-corrected chi connectivity index (χ1v) is 6.11. The van der Waals surface area contributed by atoms with Crippen LogP contribution in [0.1, 0.15) is 18.6 Å². The summed E-state index contributed by atoms with van der Waals surface area (Å²) >= 11 is 0. The standard InChI is InChI=1S/C15H16N2O/c1-9(16)15(18)10-6-7-12-11-4-2-3-5-13(11)17-14(12)8-10/h2-9,15,17-18H,16H2,1H3. The van der Waals surface area contributed by atoms with E-state index in [0.29, 0.717) is 0 Å². The second kappa shape index (κ2) is 4.12. The monoisotopic (exact) mass is 240 g/mol. The molecule has 4 N–H and O–H groups in total. The Labute approximate surface area is 105 Å². The minimum absolute atomic E-state index is 0.271. The summed E-state index contributed by atoms with van der Waals surface area (Å²) in [6, 6.07) is 13.9. The lowest BCUT2D eigenvalue weighted by molar-refractivity contribution is 0.153. The van der Waals surface area contributed by atoms with Gasteiger partial charge in [0.15, 0.2) is 0 Å². The zero-order valence-electron chi connectivity index (χ0n) is 10.2. The molecule has 3 aromatic rings. The van der Waals surface area contributed by atoms with Crippen molar-refractivity contribution in [2.45, 2.75) is 19.1 Å². The van der Waals surface area contributed by atoms with Crippen LogP contribution in [-0.2, 0) is 0 Å². The molecular weight excluding hydrogens is 224 g/mol. The molecule has 0 fully saturated rings. The quantitative estimate of drug-likeness (QED) is 0.645. The summed E-state index contributed by atoms with van der Waals surface area (Å²) in [4.78, 5) is 3.36. The third-order valence-corrected chi connectivity index (χ3v) is 3.37. The maximum atomic E-state index is 9.99. The molecule has 92 valence electrons. The van der Waals surface area contributed by atoms with Gasteiger partial charge in [-0.25, -0.2) is 0 Å². The van der Waals surface area contributed by atoms with Crippen molar-refractivity contribution in [3.05, 3.63) is 48.0 Å². The lowest BCUT2D eigenvalue weighted by atomic mass is 10.0. The maximum absolute atomic E-state index is 9.99. The molecule has 2 aromatic carbocycles. The van der Waals surface area contributed by atoms with E-state index < -0.39 is 6.10 Å². The second-order valence-corrected chi connectivity index (χ2v) is 4.78. The highest BCUT2D eigenvalue weighted by atomic mass is 16.3.